The first-order valence-electron chi connectivity index (χ1n) is 3.42. The van der Waals surface area contributed by atoms with Crippen molar-refractivity contribution >= 4 is 7.13 Å². The Labute approximate surface area is 65.1 Å². The standard InChI is InChI=1S/C8H6BNO/c1-2-4-7(5-3-1)8-6-9-11-10-8/h1-6H. The SMILES string of the molecule is b1cc(-c2ccccc2)no1. The number of aromatic nitrogens is 1. The van der Waals surface area contributed by atoms with E-state index < -0.39 is 0 Å². The molecule has 0 spiro atoms. The number of benzene rings is 1. The van der Waals surface area contributed by atoms with Crippen molar-refractivity contribution < 1.29 is 4.44 Å². The predicted molar refractivity (Wildman–Crippen MR) is 43.3 cm³/mol. The summed E-state index contributed by atoms with van der Waals surface area (Å²) in [5.41, 5.74) is 1.96. The second kappa shape index (κ2) is 2.70. The Morgan fingerprint density at radius 3 is 2.64 bits per heavy atom. The third-order valence-corrected chi connectivity index (χ3v) is 1.51. The van der Waals surface area contributed by atoms with Crippen molar-refractivity contribution in [1.29, 1.82) is 0 Å². The van der Waals surface area contributed by atoms with Gasteiger partial charge < -0.3 is 0 Å². The summed E-state index contributed by atoms with van der Waals surface area (Å²) >= 11 is 0. The van der Waals surface area contributed by atoms with E-state index >= 15 is 0 Å². The van der Waals surface area contributed by atoms with E-state index in [0.29, 0.717) is 0 Å². The number of hydrogen-bond donors (Lipinski definition) is 0. The first-order valence-corrected chi connectivity index (χ1v) is 3.42. The molecule has 2 nitrogen and oxygen atoms in total. The molecule has 2 aromatic rings. The second-order valence-corrected chi connectivity index (χ2v) is 2.25. The number of nitrogens with zero attached hydrogens (tertiary/aromatic N) is 1. The van der Waals surface area contributed by atoms with Crippen LogP contribution in [0, 0.1) is 0 Å². The molecule has 1 aromatic heterocycles. The molecule has 52 valence electrons. The Morgan fingerprint density at radius 1 is 1.18 bits per heavy atom. The van der Waals surface area contributed by atoms with Crippen molar-refractivity contribution in [2.75, 3.05) is 0 Å². The van der Waals surface area contributed by atoms with Gasteiger partial charge in [-0.2, -0.15) is 0 Å². The predicted octanol–water partition coefficient (Wildman–Crippen LogP) is 1.68. The van der Waals surface area contributed by atoms with Gasteiger partial charge in [-0.3, -0.25) is 0 Å². The number of rotatable bonds is 1. The van der Waals surface area contributed by atoms with Crippen LogP contribution in [-0.4, -0.2) is 12.3 Å². The van der Waals surface area contributed by atoms with Gasteiger partial charge in [0.1, 0.15) is 0 Å². The molecule has 0 N–H and O–H groups in total. The van der Waals surface area contributed by atoms with Crippen molar-refractivity contribution in [3.63, 3.8) is 0 Å². The topological polar surface area (TPSA) is 26.0 Å². The molecule has 11 heavy (non-hydrogen) atoms. The van der Waals surface area contributed by atoms with Crippen LogP contribution in [0.5, 0.6) is 0 Å². The summed E-state index contributed by atoms with van der Waals surface area (Å²) in [5.74, 6) is 1.84. The van der Waals surface area contributed by atoms with Crippen LogP contribution in [0.25, 0.3) is 11.3 Å². The van der Waals surface area contributed by atoms with Crippen molar-refractivity contribution in [3.05, 3.63) is 36.3 Å². The Hall–Kier alpha value is -1.38. The van der Waals surface area contributed by atoms with Gasteiger partial charge in [0.15, 0.2) is 0 Å². The third-order valence-electron chi connectivity index (χ3n) is 1.51. The third kappa shape index (κ3) is 1.22. The minimum absolute atomic E-state index is 0.880. The molecule has 1 heterocycles. The molecule has 3 heteroatoms. The van der Waals surface area contributed by atoms with E-state index in [2.05, 4.69) is 5.16 Å². The van der Waals surface area contributed by atoms with Crippen LogP contribution in [0.1, 0.15) is 0 Å². The van der Waals surface area contributed by atoms with Crippen LogP contribution in [0.15, 0.2) is 40.7 Å². The molecule has 0 aliphatic heterocycles. The summed E-state index contributed by atoms with van der Waals surface area (Å²) in [6, 6.07) is 9.92. The molecule has 0 saturated carbocycles. The monoisotopic (exact) mass is 143 g/mol. The second-order valence-electron chi connectivity index (χ2n) is 2.25. The number of hydrogen-bond acceptors (Lipinski definition) is 2. The molecule has 0 bridgehead atoms. The van der Waals surface area contributed by atoms with Gasteiger partial charge in [-0.15, -0.1) is 0 Å². The fraction of sp³-hybridized carbons (Fsp3) is 0. The molecule has 0 saturated heterocycles. The van der Waals surface area contributed by atoms with Gasteiger partial charge in [-0.1, -0.05) is 0 Å². The molecule has 0 atom stereocenters. The molecular weight excluding hydrogens is 137 g/mol. The van der Waals surface area contributed by atoms with E-state index in [-0.39, 0.29) is 0 Å². The summed E-state index contributed by atoms with van der Waals surface area (Å²) in [5, 5.41) is 3.81. The van der Waals surface area contributed by atoms with E-state index in [1.807, 2.05) is 36.3 Å². The minimum atomic E-state index is 0.880. The first-order chi connectivity index (χ1) is 5.47. The van der Waals surface area contributed by atoms with Crippen LogP contribution < -0.4 is 0 Å². The van der Waals surface area contributed by atoms with Crippen molar-refractivity contribution in [2.24, 2.45) is 0 Å². The Kier molecular flexibility index (Phi) is 1.56. The van der Waals surface area contributed by atoms with Crippen molar-refractivity contribution in [3.8, 4) is 11.3 Å². The summed E-state index contributed by atoms with van der Waals surface area (Å²) < 4.78 is 4.72. The van der Waals surface area contributed by atoms with E-state index in [4.69, 9.17) is 4.44 Å². The Bertz CT molecular complexity index is 317. The van der Waals surface area contributed by atoms with Gasteiger partial charge in [-0.25, -0.2) is 0 Å². The Morgan fingerprint density at radius 2 is 2.00 bits per heavy atom. The molecule has 1 aromatic carbocycles. The summed E-state index contributed by atoms with van der Waals surface area (Å²) in [7, 11) is 1.57. The first kappa shape index (κ1) is 6.34. The molecule has 0 aliphatic rings. The zero-order valence-corrected chi connectivity index (χ0v) is 5.90. The molecule has 0 fully saturated rings. The maximum atomic E-state index is 4.72. The zero-order chi connectivity index (χ0) is 7.52. The van der Waals surface area contributed by atoms with E-state index in [0.717, 1.165) is 11.3 Å². The molecule has 0 amide bonds. The van der Waals surface area contributed by atoms with Crippen LogP contribution in [-0.2, 0) is 0 Å². The van der Waals surface area contributed by atoms with Crippen molar-refractivity contribution in [1.82, 2.24) is 5.16 Å². The van der Waals surface area contributed by atoms with Gasteiger partial charge in [-0.05, 0) is 0 Å². The van der Waals surface area contributed by atoms with E-state index in [9.17, 15) is 0 Å². The molecular formula is C8H6BNO. The van der Waals surface area contributed by atoms with Crippen LogP contribution in [0.4, 0.5) is 0 Å². The van der Waals surface area contributed by atoms with Gasteiger partial charge in [0.25, 0.3) is 0 Å². The summed E-state index contributed by atoms with van der Waals surface area (Å²) in [4.78, 5) is 0. The van der Waals surface area contributed by atoms with Gasteiger partial charge in [0.05, 0.1) is 0 Å². The fourth-order valence-electron chi connectivity index (χ4n) is 0.970. The quantitative estimate of drug-likeness (QED) is 0.606. The average molecular weight is 143 g/mol. The summed E-state index contributed by atoms with van der Waals surface area (Å²) in [6.07, 6.45) is 0. The van der Waals surface area contributed by atoms with Crippen LogP contribution in [0.2, 0.25) is 0 Å². The zero-order valence-electron chi connectivity index (χ0n) is 5.90. The summed E-state index contributed by atoms with van der Waals surface area (Å²) in [6.45, 7) is 0. The van der Waals surface area contributed by atoms with Gasteiger partial charge in [0, 0.05) is 0 Å². The molecule has 0 aliphatic carbocycles. The van der Waals surface area contributed by atoms with E-state index in [1.54, 1.807) is 7.13 Å². The molecule has 0 unspecified atom stereocenters. The van der Waals surface area contributed by atoms with Crippen molar-refractivity contribution in [2.45, 2.75) is 0 Å². The van der Waals surface area contributed by atoms with Crippen LogP contribution >= 0.6 is 0 Å². The average Bonchev–Trinajstić information content (AvgIpc) is 2.58. The normalized spacial score (nSPS) is 9.45. The van der Waals surface area contributed by atoms with Gasteiger partial charge >= 0.3 is 64.3 Å². The molecule has 2 rings (SSSR count). The van der Waals surface area contributed by atoms with Gasteiger partial charge in [0.2, 0.25) is 0 Å². The Balaban J connectivity index is 2.46. The maximum absolute atomic E-state index is 4.72. The molecule has 0 radical (unpaired) electrons. The fourth-order valence-corrected chi connectivity index (χ4v) is 0.970. The van der Waals surface area contributed by atoms with E-state index in [1.165, 1.54) is 0 Å². The van der Waals surface area contributed by atoms with Crippen LogP contribution in [0.3, 0.4) is 0 Å².